The number of fused-ring (bicyclic) bond motifs is 1. The molecule has 2 aliphatic rings. The number of likely N-dealkylation sites (tertiary alicyclic amines) is 1. The van der Waals surface area contributed by atoms with Crippen LogP contribution in [0.3, 0.4) is 0 Å². The summed E-state index contributed by atoms with van der Waals surface area (Å²) in [5.74, 6) is -0.360. The second-order valence-corrected chi connectivity index (χ2v) is 8.07. The van der Waals surface area contributed by atoms with E-state index in [9.17, 15) is 9.59 Å². The molecule has 0 saturated carbocycles. The number of hydrogen-bond donors (Lipinski definition) is 2. The van der Waals surface area contributed by atoms with Crippen LogP contribution in [0, 0.1) is 5.41 Å². The smallest absolute Gasteiger partial charge is 0.239 e. The van der Waals surface area contributed by atoms with Gasteiger partial charge in [0, 0.05) is 20.0 Å². The molecule has 136 valence electrons. The first-order valence-electron chi connectivity index (χ1n) is 8.63. The number of rotatable bonds is 3. The molecule has 0 spiro atoms. The number of nitrogens with one attached hydrogen (secondary N) is 1. The molecule has 1 aromatic rings. The van der Waals surface area contributed by atoms with E-state index >= 15 is 0 Å². The molecule has 1 atom stereocenters. The van der Waals surface area contributed by atoms with Gasteiger partial charge in [0.25, 0.3) is 0 Å². The Morgan fingerprint density at radius 2 is 2.16 bits per heavy atom. The lowest BCUT2D eigenvalue weighted by Gasteiger charge is -2.30. The van der Waals surface area contributed by atoms with Crippen molar-refractivity contribution in [1.29, 1.82) is 0 Å². The minimum absolute atomic E-state index is 0.00507. The molecule has 8 heteroatoms. The Kier molecular flexibility index (Phi) is 4.57. The largest absolute Gasteiger partial charge is 0.368 e. The van der Waals surface area contributed by atoms with Gasteiger partial charge in [0.05, 0.1) is 23.0 Å². The number of ketones is 1. The third-order valence-corrected chi connectivity index (χ3v) is 5.44. The van der Waals surface area contributed by atoms with E-state index in [2.05, 4.69) is 29.2 Å². The summed E-state index contributed by atoms with van der Waals surface area (Å²) in [4.78, 5) is 26.5. The first kappa shape index (κ1) is 17.8. The summed E-state index contributed by atoms with van der Waals surface area (Å²) in [7, 11) is 1.80. The summed E-state index contributed by atoms with van der Waals surface area (Å²) in [6.45, 7) is 4.95. The molecule has 1 aliphatic carbocycles. The van der Waals surface area contributed by atoms with E-state index in [0.29, 0.717) is 23.5 Å². The van der Waals surface area contributed by atoms with E-state index in [1.807, 2.05) is 0 Å². The molecule has 3 rings (SSSR count). The number of nitrogens with two attached hydrogens (primary N) is 1. The molecule has 1 aliphatic heterocycles. The van der Waals surface area contributed by atoms with E-state index in [1.165, 1.54) is 0 Å². The molecule has 1 amide bonds. The van der Waals surface area contributed by atoms with Crippen molar-refractivity contribution >= 4 is 29.0 Å². The lowest BCUT2D eigenvalue weighted by molar-refractivity contribution is -0.118. The Balaban J connectivity index is 2.09. The minimum Gasteiger partial charge on any atom is -0.368 e. The maximum absolute atomic E-state index is 12.9. The second-order valence-electron chi connectivity index (χ2n) is 7.68. The van der Waals surface area contributed by atoms with Crippen molar-refractivity contribution in [2.45, 2.75) is 52.1 Å². The highest BCUT2D eigenvalue weighted by molar-refractivity contribution is 7.80. The number of amides is 1. The number of Topliss-reactive ketones (excluding diaryl/α,β-unsaturated/α-hetero) is 1. The molecule has 1 saturated heterocycles. The fourth-order valence-corrected chi connectivity index (χ4v) is 4.21. The lowest BCUT2D eigenvalue weighted by atomic mass is 9.75. The number of thiocarbonyl (C=S) groups is 1. The maximum atomic E-state index is 12.9. The summed E-state index contributed by atoms with van der Waals surface area (Å²) < 4.78 is 1.63. The topological polar surface area (TPSA) is 93.2 Å². The van der Waals surface area contributed by atoms with E-state index in [1.54, 1.807) is 11.7 Å². The number of aromatic nitrogens is 2. The fourth-order valence-electron chi connectivity index (χ4n) is 3.99. The molecule has 1 aromatic heterocycles. The van der Waals surface area contributed by atoms with Gasteiger partial charge < -0.3 is 16.0 Å². The van der Waals surface area contributed by atoms with Crippen LogP contribution in [-0.2, 0) is 17.8 Å². The molecule has 0 unspecified atom stereocenters. The molecule has 2 heterocycles. The summed E-state index contributed by atoms with van der Waals surface area (Å²) in [6, 6.07) is -0.0343. The van der Waals surface area contributed by atoms with Gasteiger partial charge in [0.15, 0.2) is 10.9 Å². The minimum atomic E-state index is -0.457. The van der Waals surface area contributed by atoms with Crippen LogP contribution in [0.2, 0.25) is 0 Å². The highest BCUT2D eigenvalue weighted by atomic mass is 32.1. The Morgan fingerprint density at radius 3 is 2.80 bits per heavy atom. The van der Waals surface area contributed by atoms with Gasteiger partial charge in [-0.3, -0.25) is 14.3 Å². The molecule has 3 N–H and O–H groups in total. The van der Waals surface area contributed by atoms with E-state index in [-0.39, 0.29) is 23.8 Å². The zero-order valence-corrected chi connectivity index (χ0v) is 15.8. The van der Waals surface area contributed by atoms with Gasteiger partial charge in [-0.15, -0.1) is 0 Å². The van der Waals surface area contributed by atoms with Gasteiger partial charge in [0.1, 0.15) is 6.54 Å². The molecule has 0 bridgehead atoms. The van der Waals surface area contributed by atoms with Crippen molar-refractivity contribution in [3.05, 3.63) is 17.0 Å². The van der Waals surface area contributed by atoms with Crippen LogP contribution in [0.25, 0.3) is 0 Å². The number of hydrogen-bond acceptors (Lipinski definition) is 4. The number of primary amides is 1. The summed E-state index contributed by atoms with van der Waals surface area (Å²) in [5.41, 5.74) is 7.50. The first-order chi connectivity index (χ1) is 11.7. The quantitative estimate of drug-likeness (QED) is 0.783. The Morgan fingerprint density at radius 1 is 1.44 bits per heavy atom. The van der Waals surface area contributed by atoms with Gasteiger partial charge in [-0.05, 0) is 36.9 Å². The monoisotopic (exact) mass is 363 g/mol. The van der Waals surface area contributed by atoms with Crippen LogP contribution in [0.1, 0.15) is 60.9 Å². The first-order valence-corrected chi connectivity index (χ1v) is 9.04. The number of carbonyl (C=O) groups excluding carboxylic acids is 2. The van der Waals surface area contributed by atoms with Gasteiger partial charge in [-0.25, -0.2) is 0 Å². The second kappa shape index (κ2) is 6.40. The molecule has 1 fully saturated rings. The predicted octanol–water partition coefficient (Wildman–Crippen LogP) is 1.16. The van der Waals surface area contributed by atoms with Crippen molar-refractivity contribution in [2.24, 2.45) is 11.1 Å². The molecule has 0 radical (unpaired) electrons. The van der Waals surface area contributed by atoms with Crippen LogP contribution in [0.15, 0.2) is 0 Å². The van der Waals surface area contributed by atoms with Gasteiger partial charge >= 0.3 is 0 Å². The Hall–Kier alpha value is -1.96. The van der Waals surface area contributed by atoms with Crippen molar-refractivity contribution in [3.63, 3.8) is 0 Å². The van der Waals surface area contributed by atoms with E-state index in [0.717, 1.165) is 30.8 Å². The standard InChI is InChI=1S/C17H25N5O2S/c1-17(2)7-11-14(12(23)8-17)15(20-22(11)9-13(18)24)10-5-4-6-21(10)16(25)19-3/h10H,4-9H2,1-3H3,(H2,18,24)(H,19,25)/t10-/m0/s1. The highest BCUT2D eigenvalue weighted by Crippen LogP contribution is 2.41. The average Bonchev–Trinajstić information content (AvgIpc) is 3.10. The van der Waals surface area contributed by atoms with Gasteiger partial charge in [-0.2, -0.15) is 5.10 Å². The Labute approximate surface area is 152 Å². The van der Waals surface area contributed by atoms with Crippen LogP contribution in [0.4, 0.5) is 0 Å². The van der Waals surface area contributed by atoms with Crippen LogP contribution in [0.5, 0.6) is 0 Å². The lowest BCUT2D eigenvalue weighted by Crippen LogP contribution is -2.38. The molecule has 7 nitrogen and oxygen atoms in total. The van der Waals surface area contributed by atoms with Crippen LogP contribution >= 0.6 is 12.2 Å². The maximum Gasteiger partial charge on any atom is 0.239 e. The molecular weight excluding hydrogens is 338 g/mol. The van der Waals surface area contributed by atoms with Crippen molar-refractivity contribution in [3.8, 4) is 0 Å². The number of nitrogens with zero attached hydrogens (tertiary/aromatic N) is 3. The highest BCUT2D eigenvalue weighted by Gasteiger charge is 2.40. The fraction of sp³-hybridized carbons (Fsp3) is 0.647. The zero-order chi connectivity index (χ0) is 18.4. The number of carbonyl (C=O) groups is 2. The summed E-state index contributed by atoms with van der Waals surface area (Å²) in [6.07, 6.45) is 3.07. The summed E-state index contributed by atoms with van der Waals surface area (Å²) >= 11 is 5.41. The Bertz CT molecular complexity index is 740. The van der Waals surface area contributed by atoms with E-state index < -0.39 is 5.91 Å². The average molecular weight is 363 g/mol. The van der Waals surface area contributed by atoms with Crippen molar-refractivity contribution in [1.82, 2.24) is 20.0 Å². The van der Waals surface area contributed by atoms with Crippen molar-refractivity contribution in [2.75, 3.05) is 13.6 Å². The van der Waals surface area contributed by atoms with Crippen molar-refractivity contribution < 1.29 is 9.59 Å². The van der Waals surface area contributed by atoms with Crippen LogP contribution in [-0.4, -0.2) is 45.1 Å². The summed E-state index contributed by atoms with van der Waals surface area (Å²) in [5, 5.41) is 8.33. The SMILES string of the molecule is CNC(=S)N1CCC[C@H]1c1nn(CC(N)=O)c2c1C(=O)CC(C)(C)C2. The van der Waals surface area contributed by atoms with Gasteiger partial charge in [-0.1, -0.05) is 13.8 Å². The van der Waals surface area contributed by atoms with Crippen LogP contribution < -0.4 is 11.1 Å². The zero-order valence-electron chi connectivity index (χ0n) is 15.0. The molecular formula is C17H25N5O2S. The third-order valence-electron chi connectivity index (χ3n) is 5.00. The normalized spacial score (nSPS) is 22.0. The van der Waals surface area contributed by atoms with E-state index in [4.69, 9.17) is 18.0 Å². The predicted molar refractivity (Wildman–Crippen MR) is 98.2 cm³/mol. The third kappa shape index (κ3) is 3.27. The molecule has 25 heavy (non-hydrogen) atoms. The van der Waals surface area contributed by atoms with Gasteiger partial charge in [0.2, 0.25) is 5.91 Å². The molecule has 0 aromatic carbocycles.